The van der Waals surface area contributed by atoms with Crippen LogP contribution in [-0.2, 0) is 0 Å². The molecular weight excluding hydrogens is 108 g/mol. The zero-order chi connectivity index (χ0) is 5.11. The van der Waals surface area contributed by atoms with Crippen LogP contribution in [-0.4, -0.2) is 12.0 Å². The molecule has 1 heterocycles. The van der Waals surface area contributed by atoms with Crippen LogP contribution in [0.15, 0.2) is 11.6 Å². The second-order valence-corrected chi connectivity index (χ2v) is 1.91. The molecule has 3 heteroatoms. The molecule has 0 unspecified atom stereocenters. The number of aromatic nitrogens is 1. The molecule has 1 aromatic heterocycles. The average molecular weight is 113 g/mol. The van der Waals surface area contributed by atoms with E-state index in [1.54, 1.807) is 24.6 Å². The molecule has 0 aliphatic heterocycles. The summed E-state index contributed by atoms with van der Waals surface area (Å²) in [6.07, 6.45) is 1.74. The van der Waals surface area contributed by atoms with Crippen molar-refractivity contribution in [2.75, 3.05) is 7.05 Å². The first-order valence-corrected chi connectivity index (χ1v) is 2.81. The highest BCUT2D eigenvalue weighted by atomic mass is 32.1. The fraction of sp³-hybridized carbons (Fsp3) is 0.250. The topological polar surface area (TPSA) is 27.0 Å². The van der Waals surface area contributed by atoms with E-state index in [0.717, 1.165) is 5.13 Å². The summed E-state index contributed by atoms with van der Waals surface area (Å²) in [5.41, 5.74) is 0. The van der Waals surface area contributed by atoms with Crippen LogP contribution in [0.1, 0.15) is 0 Å². The van der Waals surface area contributed by atoms with Gasteiger partial charge in [0.2, 0.25) is 0 Å². The highest BCUT2D eigenvalue weighted by molar-refractivity contribution is 7.13. The molecule has 0 spiro atoms. The van der Waals surface area contributed by atoms with E-state index in [-0.39, 0.29) is 0 Å². The molecule has 0 saturated heterocycles. The van der Waals surface area contributed by atoms with Crippen molar-refractivity contribution < 1.29 is 0 Å². The van der Waals surface area contributed by atoms with Crippen LogP contribution in [0.5, 0.6) is 0 Å². The standard InChI is InChI=1S/C4H5N2S/c1-5-4-6-2-3-7-4/h2-3H,1H3/q-1. The van der Waals surface area contributed by atoms with Gasteiger partial charge in [-0.15, -0.1) is 0 Å². The van der Waals surface area contributed by atoms with E-state index in [0.29, 0.717) is 0 Å². The predicted octanol–water partition coefficient (Wildman–Crippen LogP) is 1.78. The minimum Gasteiger partial charge on any atom is -0.460 e. The van der Waals surface area contributed by atoms with Gasteiger partial charge in [-0.2, -0.15) is 11.3 Å². The van der Waals surface area contributed by atoms with E-state index < -0.39 is 0 Å². The van der Waals surface area contributed by atoms with Crippen molar-refractivity contribution in [2.24, 2.45) is 0 Å². The van der Waals surface area contributed by atoms with Crippen molar-refractivity contribution in [1.82, 2.24) is 4.98 Å². The first-order chi connectivity index (χ1) is 3.43. The van der Waals surface area contributed by atoms with Crippen molar-refractivity contribution in [3.63, 3.8) is 0 Å². The molecule has 7 heavy (non-hydrogen) atoms. The van der Waals surface area contributed by atoms with Crippen molar-refractivity contribution in [3.05, 3.63) is 16.9 Å². The Bertz CT molecular complexity index is 124. The Balaban J connectivity index is 2.76. The molecule has 0 fully saturated rings. The lowest BCUT2D eigenvalue weighted by Gasteiger charge is -1.97. The molecule has 0 aliphatic carbocycles. The molecule has 38 valence electrons. The molecule has 0 bridgehead atoms. The Morgan fingerprint density at radius 1 is 1.86 bits per heavy atom. The van der Waals surface area contributed by atoms with Crippen LogP contribution >= 0.6 is 11.3 Å². The zero-order valence-electron chi connectivity index (χ0n) is 3.96. The Morgan fingerprint density at radius 2 is 2.71 bits per heavy atom. The van der Waals surface area contributed by atoms with Gasteiger partial charge in [-0.1, -0.05) is 13.2 Å². The maximum Gasteiger partial charge on any atom is -0.00592 e. The molecule has 0 amide bonds. The van der Waals surface area contributed by atoms with E-state index in [9.17, 15) is 0 Å². The lowest BCUT2D eigenvalue weighted by Crippen LogP contribution is -1.55. The Kier molecular flexibility index (Phi) is 1.26. The fourth-order valence-corrected chi connectivity index (χ4v) is 0.797. The van der Waals surface area contributed by atoms with Gasteiger partial charge in [-0.25, -0.2) is 0 Å². The van der Waals surface area contributed by atoms with Crippen molar-refractivity contribution in [2.45, 2.75) is 0 Å². The predicted molar refractivity (Wildman–Crippen MR) is 31.1 cm³/mol. The normalized spacial score (nSPS) is 8.71. The zero-order valence-corrected chi connectivity index (χ0v) is 4.77. The van der Waals surface area contributed by atoms with E-state index in [1.165, 1.54) is 0 Å². The number of nitrogens with zero attached hydrogens (tertiary/aromatic N) is 2. The maximum absolute atomic E-state index is 3.89. The first-order valence-electron chi connectivity index (χ1n) is 1.93. The minimum absolute atomic E-state index is 0.847. The third kappa shape index (κ3) is 0.899. The fourth-order valence-electron chi connectivity index (χ4n) is 0.326. The Morgan fingerprint density at radius 3 is 3.00 bits per heavy atom. The number of hydrogen-bond acceptors (Lipinski definition) is 2. The molecule has 0 aliphatic rings. The summed E-state index contributed by atoms with van der Waals surface area (Å²) in [4.78, 5) is 3.89. The smallest absolute Gasteiger partial charge is 0.00592 e. The van der Waals surface area contributed by atoms with Crippen molar-refractivity contribution in [1.29, 1.82) is 0 Å². The molecule has 1 aromatic rings. The van der Waals surface area contributed by atoms with Crippen LogP contribution in [0.2, 0.25) is 0 Å². The quantitative estimate of drug-likeness (QED) is 0.545. The van der Waals surface area contributed by atoms with Crippen LogP contribution in [0.25, 0.3) is 5.32 Å². The van der Waals surface area contributed by atoms with E-state index in [2.05, 4.69) is 10.3 Å². The molecule has 0 radical (unpaired) electrons. The molecule has 2 nitrogen and oxygen atoms in total. The third-order valence-electron chi connectivity index (χ3n) is 0.611. The largest absolute Gasteiger partial charge is 0.460 e. The SMILES string of the molecule is C[N-]c1nccs1. The first kappa shape index (κ1) is 4.59. The molecule has 0 aromatic carbocycles. The lowest BCUT2D eigenvalue weighted by molar-refractivity contribution is 1.41. The Hall–Kier alpha value is -0.570. The van der Waals surface area contributed by atoms with Gasteiger partial charge >= 0.3 is 0 Å². The third-order valence-corrected chi connectivity index (χ3v) is 1.37. The van der Waals surface area contributed by atoms with E-state index in [1.807, 2.05) is 5.38 Å². The Labute approximate surface area is 46.2 Å². The minimum atomic E-state index is 0.847. The summed E-state index contributed by atoms with van der Waals surface area (Å²) in [6, 6.07) is 0. The summed E-state index contributed by atoms with van der Waals surface area (Å²) >= 11 is 1.55. The summed E-state index contributed by atoms with van der Waals surface area (Å²) in [6.45, 7) is 0. The summed E-state index contributed by atoms with van der Waals surface area (Å²) in [5, 5.41) is 6.59. The van der Waals surface area contributed by atoms with Crippen LogP contribution in [0.4, 0.5) is 5.13 Å². The van der Waals surface area contributed by atoms with Gasteiger partial charge in [-0.05, 0) is 10.5 Å². The molecule has 0 atom stereocenters. The molecular formula is C4H5N2S-. The number of hydrogen-bond donors (Lipinski definition) is 0. The lowest BCUT2D eigenvalue weighted by atomic mass is 11.0. The van der Waals surface area contributed by atoms with E-state index in [4.69, 9.17) is 0 Å². The monoisotopic (exact) mass is 113 g/mol. The maximum atomic E-state index is 3.89. The molecule has 1 rings (SSSR count). The molecule has 0 saturated carbocycles. The number of thiazole rings is 1. The van der Waals surface area contributed by atoms with Gasteiger partial charge in [0.1, 0.15) is 0 Å². The molecule has 0 N–H and O–H groups in total. The van der Waals surface area contributed by atoms with Crippen LogP contribution in [0, 0.1) is 0 Å². The van der Waals surface area contributed by atoms with E-state index >= 15 is 0 Å². The number of rotatable bonds is 1. The average Bonchev–Trinajstić information content (AvgIpc) is 2.14. The highest BCUT2D eigenvalue weighted by Crippen LogP contribution is 2.16. The summed E-state index contributed by atoms with van der Waals surface area (Å²) in [5.74, 6) is 0. The highest BCUT2D eigenvalue weighted by Gasteiger charge is 1.70. The van der Waals surface area contributed by atoms with Gasteiger partial charge in [0.05, 0.1) is 0 Å². The summed E-state index contributed by atoms with van der Waals surface area (Å²) < 4.78 is 0. The second-order valence-electron chi connectivity index (χ2n) is 1.04. The van der Waals surface area contributed by atoms with Gasteiger partial charge in [0.15, 0.2) is 0 Å². The van der Waals surface area contributed by atoms with Gasteiger partial charge in [0, 0.05) is 0 Å². The second kappa shape index (κ2) is 1.93. The van der Waals surface area contributed by atoms with Gasteiger partial charge < -0.3 is 10.3 Å². The van der Waals surface area contributed by atoms with Gasteiger partial charge in [0.25, 0.3) is 0 Å². The van der Waals surface area contributed by atoms with Crippen LogP contribution < -0.4 is 0 Å². The van der Waals surface area contributed by atoms with Crippen molar-refractivity contribution in [3.8, 4) is 0 Å². The van der Waals surface area contributed by atoms with Gasteiger partial charge in [-0.3, -0.25) is 0 Å². The van der Waals surface area contributed by atoms with Crippen LogP contribution in [0.3, 0.4) is 0 Å². The van der Waals surface area contributed by atoms with Crippen molar-refractivity contribution >= 4 is 16.5 Å². The summed E-state index contributed by atoms with van der Waals surface area (Å²) in [7, 11) is 1.73.